The molecule has 0 fully saturated rings. The summed E-state index contributed by atoms with van der Waals surface area (Å²) in [4.78, 5) is 17.3. The van der Waals surface area contributed by atoms with Gasteiger partial charge in [-0.1, -0.05) is 0 Å². The van der Waals surface area contributed by atoms with Crippen molar-refractivity contribution >= 4 is 53.1 Å². The van der Waals surface area contributed by atoms with Crippen LogP contribution < -0.4 is 15.8 Å². The van der Waals surface area contributed by atoms with Crippen LogP contribution >= 0.6 is 24.8 Å². The van der Waals surface area contributed by atoms with Crippen molar-refractivity contribution in [3.8, 4) is 5.75 Å². The fourth-order valence-corrected chi connectivity index (χ4v) is 2.72. The zero-order valence-electron chi connectivity index (χ0n) is 15.5. The number of carbonyl (C=O) groups is 1. The molecule has 0 spiro atoms. The van der Waals surface area contributed by atoms with Crippen molar-refractivity contribution in [1.82, 2.24) is 14.8 Å². The molecule has 1 aromatic carbocycles. The largest absolute Gasteiger partial charge is 0.495 e. The lowest BCUT2D eigenvalue weighted by Gasteiger charge is -2.11. The normalized spacial score (nSPS) is 10.3. The number of methoxy groups -OCH3 is 1. The molecule has 0 bridgehead atoms. The predicted molar refractivity (Wildman–Crippen MR) is 113 cm³/mol. The van der Waals surface area contributed by atoms with Crippen LogP contribution in [-0.2, 0) is 0 Å². The standard InChI is InChI=1S/C18H21N5O2.2ClH/c1-10(2)23-17-14(9-20-23)13(7-11(3)21-17)18(24)22-12-5-6-16(25-4)15(19)8-12;;/h5-10H,19H2,1-4H3,(H,22,24);2*1H. The number of pyridine rings is 1. The molecule has 3 N–H and O–H groups in total. The number of anilines is 2. The van der Waals surface area contributed by atoms with E-state index in [1.165, 1.54) is 0 Å². The minimum atomic E-state index is -0.233. The summed E-state index contributed by atoms with van der Waals surface area (Å²) in [6, 6.07) is 7.05. The van der Waals surface area contributed by atoms with E-state index in [0.717, 1.165) is 11.1 Å². The van der Waals surface area contributed by atoms with Gasteiger partial charge in [0.2, 0.25) is 0 Å². The maximum absolute atomic E-state index is 12.8. The lowest BCUT2D eigenvalue weighted by Crippen LogP contribution is -2.13. The Morgan fingerprint density at radius 2 is 1.96 bits per heavy atom. The molecule has 27 heavy (non-hydrogen) atoms. The van der Waals surface area contributed by atoms with Crippen LogP contribution in [0.4, 0.5) is 11.4 Å². The van der Waals surface area contributed by atoms with Crippen molar-refractivity contribution in [3.63, 3.8) is 0 Å². The van der Waals surface area contributed by atoms with Gasteiger partial charge in [-0.15, -0.1) is 24.8 Å². The van der Waals surface area contributed by atoms with Crippen LogP contribution in [0.15, 0.2) is 30.5 Å². The van der Waals surface area contributed by atoms with Gasteiger partial charge in [0.25, 0.3) is 5.91 Å². The van der Waals surface area contributed by atoms with Crippen molar-refractivity contribution in [2.24, 2.45) is 0 Å². The third-order valence-electron chi connectivity index (χ3n) is 3.92. The van der Waals surface area contributed by atoms with Gasteiger partial charge >= 0.3 is 0 Å². The van der Waals surface area contributed by atoms with Crippen LogP contribution in [-0.4, -0.2) is 27.8 Å². The van der Waals surface area contributed by atoms with Gasteiger partial charge in [-0.3, -0.25) is 4.79 Å². The number of benzene rings is 1. The molecule has 9 heteroatoms. The summed E-state index contributed by atoms with van der Waals surface area (Å²) in [7, 11) is 1.55. The second-order valence-electron chi connectivity index (χ2n) is 6.14. The molecule has 7 nitrogen and oxygen atoms in total. The maximum atomic E-state index is 12.8. The molecule has 0 saturated heterocycles. The highest BCUT2D eigenvalue weighted by Crippen LogP contribution is 2.26. The van der Waals surface area contributed by atoms with Crippen molar-refractivity contribution in [3.05, 3.63) is 41.7 Å². The molecule has 0 unspecified atom stereocenters. The molecule has 3 rings (SSSR count). The second-order valence-corrected chi connectivity index (χ2v) is 6.14. The lowest BCUT2D eigenvalue weighted by molar-refractivity contribution is 0.102. The summed E-state index contributed by atoms with van der Waals surface area (Å²) < 4.78 is 6.94. The van der Waals surface area contributed by atoms with E-state index in [9.17, 15) is 4.79 Å². The minimum absolute atomic E-state index is 0. The van der Waals surface area contributed by atoms with Crippen LogP contribution in [0.25, 0.3) is 11.0 Å². The summed E-state index contributed by atoms with van der Waals surface area (Å²) in [6.07, 6.45) is 1.68. The van der Waals surface area contributed by atoms with E-state index in [1.807, 2.05) is 25.5 Å². The van der Waals surface area contributed by atoms with Crippen LogP contribution in [0, 0.1) is 6.92 Å². The number of ether oxygens (including phenoxy) is 1. The number of hydrogen-bond donors (Lipinski definition) is 2. The van der Waals surface area contributed by atoms with Gasteiger partial charge in [-0.05, 0) is 45.0 Å². The number of carbonyl (C=O) groups excluding carboxylic acids is 1. The number of nitrogen functional groups attached to an aromatic ring is 1. The molecule has 0 radical (unpaired) electrons. The summed E-state index contributed by atoms with van der Waals surface area (Å²) in [5.41, 5.74) is 8.95. The first-order valence-electron chi connectivity index (χ1n) is 8.00. The quantitative estimate of drug-likeness (QED) is 0.632. The third-order valence-corrected chi connectivity index (χ3v) is 3.92. The molecule has 2 heterocycles. The Balaban J connectivity index is 0.00000182. The smallest absolute Gasteiger partial charge is 0.256 e. The number of nitrogens with one attached hydrogen (secondary N) is 1. The van der Waals surface area contributed by atoms with Crippen molar-refractivity contribution in [2.75, 3.05) is 18.2 Å². The summed E-state index contributed by atoms with van der Waals surface area (Å²) >= 11 is 0. The molecule has 0 aliphatic carbocycles. The highest BCUT2D eigenvalue weighted by atomic mass is 35.5. The number of nitrogens with zero attached hydrogens (tertiary/aromatic N) is 3. The monoisotopic (exact) mass is 411 g/mol. The van der Waals surface area contributed by atoms with E-state index in [1.54, 1.807) is 37.6 Å². The van der Waals surface area contributed by atoms with Crippen molar-refractivity contribution in [1.29, 1.82) is 0 Å². The van der Waals surface area contributed by atoms with Gasteiger partial charge in [0.05, 0.1) is 29.9 Å². The molecule has 0 saturated carbocycles. The number of nitrogens with two attached hydrogens (primary N) is 1. The second kappa shape index (κ2) is 8.92. The molecule has 3 aromatic rings. The molecule has 0 aliphatic rings. The van der Waals surface area contributed by atoms with Crippen LogP contribution in [0.3, 0.4) is 0 Å². The Labute approximate surface area is 170 Å². The summed E-state index contributed by atoms with van der Waals surface area (Å²) in [5, 5.41) is 7.95. The Morgan fingerprint density at radius 3 is 2.56 bits per heavy atom. The topological polar surface area (TPSA) is 95.1 Å². The van der Waals surface area contributed by atoms with E-state index in [0.29, 0.717) is 28.3 Å². The minimum Gasteiger partial charge on any atom is -0.495 e. The van der Waals surface area contributed by atoms with E-state index < -0.39 is 0 Å². The molecule has 1 amide bonds. The number of aryl methyl sites for hydroxylation is 1. The van der Waals surface area contributed by atoms with Gasteiger partial charge in [0, 0.05) is 17.4 Å². The first-order valence-corrected chi connectivity index (χ1v) is 8.00. The van der Waals surface area contributed by atoms with Gasteiger partial charge in [-0.25, -0.2) is 9.67 Å². The third kappa shape index (κ3) is 4.43. The average molecular weight is 412 g/mol. The van der Waals surface area contributed by atoms with Crippen molar-refractivity contribution in [2.45, 2.75) is 26.8 Å². The number of aromatic nitrogens is 3. The number of hydrogen-bond acceptors (Lipinski definition) is 5. The van der Waals surface area contributed by atoms with Gasteiger partial charge in [0.15, 0.2) is 5.65 Å². The molecule has 0 aliphatic heterocycles. The average Bonchev–Trinajstić information content (AvgIpc) is 2.98. The number of fused-ring (bicyclic) bond motifs is 1. The SMILES string of the molecule is COc1ccc(NC(=O)c2cc(C)nc3c2cnn3C(C)C)cc1N.Cl.Cl. The Hall–Kier alpha value is -2.51. The molecular weight excluding hydrogens is 389 g/mol. The van der Waals surface area contributed by atoms with Crippen LogP contribution in [0.1, 0.15) is 35.9 Å². The first-order chi connectivity index (χ1) is 11.9. The molecule has 2 aromatic heterocycles. The van der Waals surface area contributed by atoms with E-state index in [4.69, 9.17) is 10.5 Å². The number of amides is 1. The summed E-state index contributed by atoms with van der Waals surface area (Å²) in [5.74, 6) is 0.335. The first kappa shape index (κ1) is 22.5. The highest BCUT2D eigenvalue weighted by Gasteiger charge is 2.17. The predicted octanol–water partition coefficient (Wildman–Crippen LogP) is 4.01. The number of rotatable bonds is 4. The lowest BCUT2D eigenvalue weighted by atomic mass is 10.1. The van der Waals surface area contributed by atoms with Gasteiger partial charge < -0.3 is 15.8 Å². The van der Waals surface area contributed by atoms with Crippen molar-refractivity contribution < 1.29 is 9.53 Å². The fraction of sp³-hybridized carbons (Fsp3) is 0.278. The molecular formula is C18H23Cl2N5O2. The Morgan fingerprint density at radius 1 is 1.26 bits per heavy atom. The Kier molecular flexibility index (Phi) is 7.45. The maximum Gasteiger partial charge on any atom is 0.256 e. The van der Waals surface area contributed by atoms with Gasteiger partial charge in [0.1, 0.15) is 5.75 Å². The summed E-state index contributed by atoms with van der Waals surface area (Å²) in [6.45, 7) is 5.91. The zero-order valence-corrected chi connectivity index (χ0v) is 17.1. The zero-order chi connectivity index (χ0) is 18.1. The van der Waals surface area contributed by atoms with Gasteiger partial charge in [-0.2, -0.15) is 5.10 Å². The molecule has 0 atom stereocenters. The van der Waals surface area contributed by atoms with E-state index in [-0.39, 0.29) is 36.8 Å². The number of halogens is 2. The van der Waals surface area contributed by atoms with Crippen LogP contribution in [0.5, 0.6) is 5.75 Å². The highest BCUT2D eigenvalue weighted by molar-refractivity contribution is 6.12. The van der Waals surface area contributed by atoms with Crippen LogP contribution in [0.2, 0.25) is 0 Å². The Bertz CT molecular complexity index is 956. The van der Waals surface area contributed by atoms with E-state index in [2.05, 4.69) is 15.4 Å². The molecule has 146 valence electrons. The fourth-order valence-electron chi connectivity index (χ4n) is 2.72. The van der Waals surface area contributed by atoms with E-state index >= 15 is 0 Å².